The minimum atomic E-state index is -0.305. The highest BCUT2D eigenvalue weighted by atomic mass is 16.7. The van der Waals surface area contributed by atoms with Gasteiger partial charge in [0.2, 0.25) is 0 Å². The van der Waals surface area contributed by atoms with Gasteiger partial charge in [-0.3, -0.25) is 0 Å². The van der Waals surface area contributed by atoms with E-state index < -0.39 is 0 Å². The Bertz CT molecular complexity index is 346. The topological polar surface area (TPSA) is 30.5 Å². The van der Waals surface area contributed by atoms with Gasteiger partial charge in [0.15, 0.2) is 6.29 Å². The molecule has 1 aromatic carbocycles. The van der Waals surface area contributed by atoms with E-state index in [1.54, 1.807) is 14.2 Å². The van der Waals surface area contributed by atoms with Crippen LogP contribution in [0.25, 0.3) is 6.08 Å². The third-order valence-corrected chi connectivity index (χ3v) is 2.54. The van der Waals surface area contributed by atoms with E-state index in [0.717, 1.165) is 24.1 Å². The summed E-state index contributed by atoms with van der Waals surface area (Å²) in [5.74, 6) is 0. The molecule has 0 fully saturated rings. The molecule has 0 saturated carbocycles. The van der Waals surface area contributed by atoms with Gasteiger partial charge in [-0.15, -0.1) is 0 Å². The quantitative estimate of drug-likeness (QED) is 0.582. The summed E-state index contributed by atoms with van der Waals surface area (Å²) in [5, 5.41) is 3.11. The highest BCUT2D eigenvalue weighted by molar-refractivity contribution is 5.54. The fourth-order valence-electron chi connectivity index (χ4n) is 1.67. The lowest BCUT2D eigenvalue weighted by atomic mass is 10.1. The third-order valence-electron chi connectivity index (χ3n) is 2.54. The number of rotatable bonds is 7. The number of ether oxygens (including phenoxy) is 2. The molecule has 3 heteroatoms. The predicted octanol–water partition coefficient (Wildman–Crippen LogP) is 2.60. The fraction of sp³-hybridized carbons (Fsp3) is 0.429. The second-order valence-electron chi connectivity index (χ2n) is 3.73. The molecule has 0 aromatic heterocycles. The summed E-state index contributed by atoms with van der Waals surface area (Å²) in [6.07, 6.45) is 4.96. The Kier molecular flexibility index (Phi) is 6.55. The van der Waals surface area contributed by atoms with Gasteiger partial charge in [0.25, 0.3) is 0 Å². The maximum absolute atomic E-state index is 5.29. The van der Waals surface area contributed by atoms with E-state index in [9.17, 15) is 0 Å². The molecule has 0 unspecified atom stereocenters. The normalized spacial score (nSPS) is 11.5. The molecule has 0 bridgehead atoms. The molecule has 0 heterocycles. The molecule has 0 amide bonds. The Balaban J connectivity index is 2.80. The zero-order valence-corrected chi connectivity index (χ0v) is 10.8. The summed E-state index contributed by atoms with van der Waals surface area (Å²) in [4.78, 5) is 0. The van der Waals surface area contributed by atoms with Crippen molar-refractivity contribution in [2.45, 2.75) is 12.7 Å². The van der Waals surface area contributed by atoms with Crippen LogP contribution in [-0.4, -0.2) is 27.8 Å². The number of nitrogens with one attached hydrogen (secondary N) is 1. The van der Waals surface area contributed by atoms with Crippen molar-refractivity contribution >= 4 is 6.08 Å². The molecule has 0 aliphatic rings. The number of hydrogen-bond donors (Lipinski definition) is 1. The van der Waals surface area contributed by atoms with Crippen molar-refractivity contribution in [1.82, 2.24) is 5.32 Å². The molecule has 1 rings (SSSR count). The number of benzene rings is 1. The zero-order valence-electron chi connectivity index (χ0n) is 10.8. The molecule has 0 radical (unpaired) electrons. The van der Waals surface area contributed by atoms with E-state index in [0.29, 0.717) is 0 Å². The first-order valence-electron chi connectivity index (χ1n) is 5.79. The standard InChI is InChI=1S/C14H21NO2/c1-15-11-7-6-9-12-8-4-5-10-13(12)14(16-2)17-3/h4-6,8-10,14-15H,7,11H2,1-3H3. The predicted molar refractivity (Wildman–Crippen MR) is 70.8 cm³/mol. The highest BCUT2D eigenvalue weighted by Gasteiger charge is 2.11. The molecule has 0 aliphatic carbocycles. The lowest BCUT2D eigenvalue weighted by Gasteiger charge is -2.15. The van der Waals surface area contributed by atoms with Gasteiger partial charge < -0.3 is 14.8 Å². The van der Waals surface area contributed by atoms with Gasteiger partial charge >= 0.3 is 0 Å². The number of methoxy groups -OCH3 is 2. The second kappa shape index (κ2) is 8.01. The van der Waals surface area contributed by atoms with Gasteiger partial charge in [-0.25, -0.2) is 0 Å². The maximum Gasteiger partial charge on any atom is 0.183 e. The molecule has 0 spiro atoms. The van der Waals surface area contributed by atoms with Crippen molar-refractivity contribution in [3.8, 4) is 0 Å². The van der Waals surface area contributed by atoms with Crippen LogP contribution >= 0.6 is 0 Å². The van der Waals surface area contributed by atoms with Crippen molar-refractivity contribution < 1.29 is 9.47 Å². The first-order valence-corrected chi connectivity index (χ1v) is 5.79. The van der Waals surface area contributed by atoms with Crippen LogP contribution in [0.5, 0.6) is 0 Å². The minimum absolute atomic E-state index is 0.305. The minimum Gasteiger partial charge on any atom is -0.352 e. The molecule has 1 aromatic rings. The Morgan fingerprint density at radius 3 is 2.59 bits per heavy atom. The molecule has 0 aliphatic heterocycles. The summed E-state index contributed by atoms with van der Waals surface area (Å²) in [7, 11) is 5.25. The SMILES string of the molecule is CNCCC=Cc1ccccc1C(OC)OC. The third kappa shape index (κ3) is 4.30. The van der Waals surface area contributed by atoms with E-state index in [1.807, 2.05) is 25.2 Å². The van der Waals surface area contributed by atoms with E-state index in [-0.39, 0.29) is 6.29 Å². The Labute approximate surface area is 103 Å². The average molecular weight is 235 g/mol. The van der Waals surface area contributed by atoms with E-state index in [1.165, 1.54) is 0 Å². The average Bonchev–Trinajstić information content (AvgIpc) is 2.38. The Morgan fingerprint density at radius 1 is 1.24 bits per heavy atom. The lowest BCUT2D eigenvalue weighted by molar-refractivity contribution is -0.106. The first kappa shape index (κ1) is 13.9. The van der Waals surface area contributed by atoms with Crippen LogP contribution < -0.4 is 5.32 Å². The van der Waals surface area contributed by atoms with Crippen molar-refractivity contribution in [3.05, 3.63) is 41.5 Å². The monoisotopic (exact) mass is 235 g/mol. The molecule has 0 saturated heterocycles. The molecule has 0 atom stereocenters. The van der Waals surface area contributed by atoms with Gasteiger partial charge in [-0.05, 0) is 25.6 Å². The van der Waals surface area contributed by atoms with Crippen LogP contribution in [0.2, 0.25) is 0 Å². The van der Waals surface area contributed by atoms with E-state index in [2.05, 4.69) is 23.5 Å². The number of hydrogen-bond acceptors (Lipinski definition) is 3. The summed E-state index contributed by atoms with van der Waals surface area (Å²) in [6.45, 7) is 0.983. The largest absolute Gasteiger partial charge is 0.352 e. The van der Waals surface area contributed by atoms with Gasteiger partial charge in [0.05, 0.1) is 0 Å². The van der Waals surface area contributed by atoms with Crippen molar-refractivity contribution in [1.29, 1.82) is 0 Å². The van der Waals surface area contributed by atoms with Crippen LogP contribution in [0.4, 0.5) is 0 Å². The van der Waals surface area contributed by atoms with Crippen LogP contribution in [0, 0.1) is 0 Å². The fourth-order valence-corrected chi connectivity index (χ4v) is 1.67. The van der Waals surface area contributed by atoms with Gasteiger partial charge in [0.1, 0.15) is 0 Å². The maximum atomic E-state index is 5.29. The molecule has 1 N–H and O–H groups in total. The van der Waals surface area contributed by atoms with E-state index in [4.69, 9.17) is 9.47 Å². The molecule has 17 heavy (non-hydrogen) atoms. The van der Waals surface area contributed by atoms with Crippen molar-refractivity contribution in [2.75, 3.05) is 27.8 Å². The molecular weight excluding hydrogens is 214 g/mol. The first-order chi connectivity index (χ1) is 8.33. The van der Waals surface area contributed by atoms with Crippen molar-refractivity contribution in [3.63, 3.8) is 0 Å². The van der Waals surface area contributed by atoms with Crippen LogP contribution in [0.1, 0.15) is 23.8 Å². The summed E-state index contributed by atoms with van der Waals surface area (Å²) >= 11 is 0. The summed E-state index contributed by atoms with van der Waals surface area (Å²) in [5.41, 5.74) is 2.19. The molecular formula is C14H21NO2. The molecule has 3 nitrogen and oxygen atoms in total. The smallest absolute Gasteiger partial charge is 0.183 e. The Morgan fingerprint density at radius 2 is 1.94 bits per heavy atom. The highest BCUT2D eigenvalue weighted by Crippen LogP contribution is 2.22. The summed E-state index contributed by atoms with van der Waals surface area (Å²) in [6, 6.07) is 8.10. The lowest BCUT2D eigenvalue weighted by Crippen LogP contribution is -2.06. The van der Waals surface area contributed by atoms with Gasteiger partial charge in [0, 0.05) is 19.8 Å². The van der Waals surface area contributed by atoms with Gasteiger partial charge in [-0.1, -0.05) is 36.4 Å². The van der Waals surface area contributed by atoms with Crippen LogP contribution in [0.3, 0.4) is 0 Å². The van der Waals surface area contributed by atoms with Crippen LogP contribution in [0.15, 0.2) is 30.3 Å². The van der Waals surface area contributed by atoms with E-state index >= 15 is 0 Å². The van der Waals surface area contributed by atoms with Crippen molar-refractivity contribution in [2.24, 2.45) is 0 Å². The zero-order chi connectivity index (χ0) is 12.5. The van der Waals surface area contributed by atoms with Gasteiger partial charge in [-0.2, -0.15) is 0 Å². The second-order valence-corrected chi connectivity index (χ2v) is 3.73. The Hall–Kier alpha value is -1.16. The van der Waals surface area contributed by atoms with Crippen LogP contribution in [-0.2, 0) is 9.47 Å². The summed E-state index contributed by atoms with van der Waals surface area (Å²) < 4.78 is 10.6. The molecule has 94 valence electrons.